The first-order valence-electron chi connectivity index (χ1n) is 10.5. The van der Waals surface area contributed by atoms with E-state index >= 15 is 0 Å². The van der Waals surface area contributed by atoms with Gasteiger partial charge in [-0.1, -0.05) is 42.5 Å². The van der Waals surface area contributed by atoms with Gasteiger partial charge in [0, 0.05) is 37.8 Å². The fourth-order valence-electron chi connectivity index (χ4n) is 3.73. The van der Waals surface area contributed by atoms with Crippen LogP contribution in [0, 0.1) is 5.82 Å². The standard InChI is InChI=1S/C24H23FN4O3/c25-20-10-5-4-9-19(20)24(32)28-14-6-13-27(15-16-28)23(31)17-29-22(30)12-11-21(26-29)18-7-2-1-3-8-18/h1-5,7-12H,6,13-17H2. The van der Waals surface area contributed by atoms with Crippen molar-refractivity contribution in [2.45, 2.75) is 13.0 Å². The van der Waals surface area contributed by atoms with Crippen molar-refractivity contribution in [1.82, 2.24) is 19.6 Å². The predicted molar refractivity (Wildman–Crippen MR) is 117 cm³/mol. The van der Waals surface area contributed by atoms with Gasteiger partial charge in [0.2, 0.25) is 5.91 Å². The largest absolute Gasteiger partial charge is 0.339 e. The van der Waals surface area contributed by atoms with Crippen molar-refractivity contribution in [2.24, 2.45) is 0 Å². The minimum Gasteiger partial charge on any atom is -0.339 e. The number of benzene rings is 2. The van der Waals surface area contributed by atoms with E-state index in [-0.39, 0.29) is 29.5 Å². The summed E-state index contributed by atoms with van der Waals surface area (Å²) in [5, 5.41) is 4.34. The molecule has 0 spiro atoms. The van der Waals surface area contributed by atoms with Gasteiger partial charge in [-0.25, -0.2) is 9.07 Å². The lowest BCUT2D eigenvalue weighted by Crippen LogP contribution is -2.40. The first-order valence-corrected chi connectivity index (χ1v) is 10.5. The maximum atomic E-state index is 14.0. The number of carbonyl (C=O) groups excluding carboxylic acids is 2. The molecule has 2 aromatic carbocycles. The van der Waals surface area contributed by atoms with Crippen molar-refractivity contribution in [3.05, 3.63) is 88.5 Å². The average Bonchev–Trinajstić information content (AvgIpc) is 3.07. The summed E-state index contributed by atoms with van der Waals surface area (Å²) < 4.78 is 15.2. The lowest BCUT2D eigenvalue weighted by molar-refractivity contribution is -0.132. The zero-order valence-electron chi connectivity index (χ0n) is 17.5. The van der Waals surface area contributed by atoms with Crippen LogP contribution in [0.3, 0.4) is 0 Å². The van der Waals surface area contributed by atoms with Gasteiger partial charge >= 0.3 is 0 Å². The summed E-state index contributed by atoms with van der Waals surface area (Å²) in [6.07, 6.45) is 0.568. The van der Waals surface area contributed by atoms with E-state index in [0.29, 0.717) is 38.3 Å². The second-order valence-electron chi connectivity index (χ2n) is 7.59. The summed E-state index contributed by atoms with van der Waals surface area (Å²) in [4.78, 5) is 41.0. The Labute approximate surface area is 184 Å². The number of hydrogen-bond donors (Lipinski definition) is 0. The fourth-order valence-corrected chi connectivity index (χ4v) is 3.73. The maximum absolute atomic E-state index is 14.0. The molecule has 1 aliphatic rings. The van der Waals surface area contributed by atoms with E-state index in [4.69, 9.17) is 0 Å². The molecule has 0 radical (unpaired) electrons. The molecule has 8 heteroatoms. The average molecular weight is 434 g/mol. The van der Waals surface area contributed by atoms with Crippen LogP contribution in [-0.4, -0.2) is 57.6 Å². The van der Waals surface area contributed by atoms with Crippen molar-refractivity contribution >= 4 is 11.8 Å². The third kappa shape index (κ3) is 4.74. The third-order valence-electron chi connectivity index (χ3n) is 5.46. The van der Waals surface area contributed by atoms with Crippen LogP contribution in [-0.2, 0) is 11.3 Å². The second-order valence-corrected chi connectivity index (χ2v) is 7.59. The lowest BCUT2D eigenvalue weighted by Gasteiger charge is -2.22. The molecule has 164 valence electrons. The van der Waals surface area contributed by atoms with Gasteiger partial charge in [0.15, 0.2) is 0 Å². The normalized spacial score (nSPS) is 14.2. The zero-order chi connectivity index (χ0) is 22.5. The molecule has 2 amide bonds. The van der Waals surface area contributed by atoms with Gasteiger partial charge in [-0.15, -0.1) is 0 Å². The summed E-state index contributed by atoms with van der Waals surface area (Å²) in [7, 11) is 0. The summed E-state index contributed by atoms with van der Waals surface area (Å²) in [5.41, 5.74) is 1.13. The Bertz CT molecular complexity index is 1180. The van der Waals surface area contributed by atoms with Crippen molar-refractivity contribution < 1.29 is 14.0 Å². The molecule has 0 saturated carbocycles. The summed E-state index contributed by atoms with van der Waals surface area (Å²) in [6, 6.07) is 18.3. The van der Waals surface area contributed by atoms with Crippen molar-refractivity contribution in [1.29, 1.82) is 0 Å². The Morgan fingerprint density at radius 3 is 2.31 bits per heavy atom. The lowest BCUT2D eigenvalue weighted by atomic mass is 10.1. The van der Waals surface area contributed by atoms with Crippen LogP contribution in [0.15, 0.2) is 71.5 Å². The van der Waals surface area contributed by atoms with Gasteiger partial charge in [-0.2, -0.15) is 5.10 Å². The van der Waals surface area contributed by atoms with E-state index in [9.17, 15) is 18.8 Å². The maximum Gasteiger partial charge on any atom is 0.267 e. The van der Waals surface area contributed by atoms with Crippen LogP contribution in [0.1, 0.15) is 16.8 Å². The molecule has 0 bridgehead atoms. The quantitative estimate of drug-likeness (QED) is 0.632. The van der Waals surface area contributed by atoms with Crippen molar-refractivity contribution in [3.63, 3.8) is 0 Å². The Kier molecular flexibility index (Phi) is 6.39. The summed E-state index contributed by atoms with van der Waals surface area (Å²) in [6.45, 7) is 1.31. The summed E-state index contributed by atoms with van der Waals surface area (Å²) >= 11 is 0. The molecule has 1 aromatic heterocycles. The van der Waals surface area contributed by atoms with Crippen LogP contribution in [0.2, 0.25) is 0 Å². The third-order valence-corrected chi connectivity index (χ3v) is 5.46. The highest BCUT2D eigenvalue weighted by Gasteiger charge is 2.24. The molecule has 32 heavy (non-hydrogen) atoms. The first-order chi connectivity index (χ1) is 15.5. The van der Waals surface area contributed by atoms with Gasteiger partial charge in [0.25, 0.3) is 11.5 Å². The van der Waals surface area contributed by atoms with Gasteiger partial charge in [-0.3, -0.25) is 14.4 Å². The Balaban J connectivity index is 1.43. The van der Waals surface area contributed by atoms with E-state index in [0.717, 1.165) is 10.2 Å². The van der Waals surface area contributed by atoms with Gasteiger partial charge in [0.05, 0.1) is 11.3 Å². The van der Waals surface area contributed by atoms with E-state index in [1.807, 2.05) is 30.3 Å². The summed E-state index contributed by atoms with van der Waals surface area (Å²) in [5.74, 6) is -1.19. The minimum atomic E-state index is -0.557. The molecular formula is C24H23FN4O3. The van der Waals surface area contributed by atoms with Crippen LogP contribution >= 0.6 is 0 Å². The molecule has 1 aliphatic heterocycles. The van der Waals surface area contributed by atoms with E-state index in [1.54, 1.807) is 21.9 Å². The molecule has 3 aromatic rings. The molecule has 1 fully saturated rings. The smallest absolute Gasteiger partial charge is 0.267 e. The number of hydrogen-bond acceptors (Lipinski definition) is 4. The SMILES string of the molecule is O=C(Cn1nc(-c2ccccc2)ccc1=O)N1CCCN(C(=O)c2ccccc2F)CC1. The molecule has 0 aliphatic carbocycles. The predicted octanol–water partition coefficient (Wildman–Crippen LogP) is 2.42. The number of carbonyl (C=O) groups is 2. The Morgan fingerprint density at radius 1 is 0.844 bits per heavy atom. The highest BCUT2D eigenvalue weighted by Crippen LogP contribution is 2.15. The van der Waals surface area contributed by atoms with Crippen LogP contribution < -0.4 is 5.56 Å². The molecule has 1 saturated heterocycles. The minimum absolute atomic E-state index is 0.0285. The highest BCUT2D eigenvalue weighted by molar-refractivity contribution is 5.94. The van der Waals surface area contributed by atoms with Crippen LogP contribution in [0.4, 0.5) is 4.39 Å². The molecule has 4 rings (SSSR count). The molecule has 7 nitrogen and oxygen atoms in total. The van der Waals surface area contributed by atoms with Gasteiger partial charge in [-0.05, 0) is 24.6 Å². The number of halogens is 1. The van der Waals surface area contributed by atoms with Crippen molar-refractivity contribution in [3.8, 4) is 11.3 Å². The van der Waals surface area contributed by atoms with Gasteiger partial charge < -0.3 is 9.80 Å². The van der Waals surface area contributed by atoms with E-state index < -0.39 is 5.82 Å². The van der Waals surface area contributed by atoms with E-state index in [2.05, 4.69) is 5.10 Å². The number of amides is 2. The van der Waals surface area contributed by atoms with Gasteiger partial charge in [0.1, 0.15) is 12.4 Å². The molecular weight excluding hydrogens is 411 g/mol. The number of rotatable bonds is 4. The monoisotopic (exact) mass is 434 g/mol. The highest BCUT2D eigenvalue weighted by atomic mass is 19.1. The first kappa shape index (κ1) is 21.4. The second kappa shape index (κ2) is 9.55. The zero-order valence-corrected chi connectivity index (χ0v) is 17.5. The number of aromatic nitrogens is 2. The molecule has 0 unspecified atom stereocenters. The Hall–Kier alpha value is -3.81. The molecule has 2 heterocycles. The number of nitrogens with zero attached hydrogens (tertiary/aromatic N) is 4. The van der Waals surface area contributed by atoms with Crippen LogP contribution in [0.5, 0.6) is 0 Å². The van der Waals surface area contributed by atoms with Crippen molar-refractivity contribution in [2.75, 3.05) is 26.2 Å². The van der Waals surface area contributed by atoms with Crippen LogP contribution in [0.25, 0.3) is 11.3 Å². The molecule has 0 N–H and O–H groups in total. The molecule has 0 atom stereocenters. The topological polar surface area (TPSA) is 75.5 Å². The van der Waals surface area contributed by atoms with E-state index in [1.165, 1.54) is 24.3 Å². The Morgan fingerprint density at radius 2 is 1.53 bits per heavy atom. The fraction of sp³-hybridized carbons (Fsp3) is 0.250.